The molecule has 0 unspecified atom stereocenters. The van der Waals surface area contributed by atoms with Crippen LogP contribution >= 0.6 is 0 Å². The summed E-state index contributed by atoms with van der Waals surface area (Å²) in [4.78, 5) is 6.33. The molecular weight excluding hydrogens is 202 g/mol. The van der Waals surface area contributed by atoms with Crippen LogP contribution in [0.1, 0.15) is 6.92 Å². The second-order valence-corrected chi connectivity index (χ2v) is 9.51. The highest BCUT2D eigenvalue weighted by atomic mass is 28.3. The van der Waals surface area contributed by atoms with Crippen molar-refractivity contribution in [3.8, 4) is 11.5 Å². The van der Waals surface area contributed by atoms with Crippen molar-refractivity contribution in [1.29, 1.82) is 0 Å². The van der Waals surface area contributed by atoms with E-state index >= 15 is 0 Å². The predicted molar refractivity (Wildman–Crippen MR) is 68.1 cm³/mol. The Bertz CT molecular complexity index is 339. The van der Waals surface area contributed by atoms with E-state index in [-0.39, 0.29) is 6.17 Å². The normalized spacial score (nSPS) is 17.9. The molecule has 3 nitrogen and oxygen atoms in total. The van der Waals surface area contributed by atoms with Gasteiger partial charge in [0.2, 0.25) is 0 Å². The largest absolute Gasteiger partial charge is 0.343 e. The molecule has 1 aliphatic heterocycles. The number of allylic oxidation sites excluding steroid dienone is 1. The first-order valence-electron chi connectivity index (χ1n) is 5.16. The average Bonchev–Trinajstić information content (AvgIpc) is 2.14. The maximum absolute atomic E-state index is 5.73. The molecule has 1 aliphatic rings. The van der Waals surface area contributed by atoms with Crippen molar-refractivity contribution >= 4 is 13.8 Å². The molecule has 0 saturated carbocycles. The Labute approximate surface area is 93.1 Å². The molecular formula is C11H19N3Si. The summed E-state index contributed by atoms with van der Waals surface area (Å²) in [6.07, 6.45) is 3.91. The van der Waals surface area contributed by atoms with Crippen molar-refractivity contribution in [2.45, 2.75) is 32.7 Å². The molecule has 1 heterocycles. The Morgan fingerprint density at radius 2 is 2.20 bits per heavy atom. The van der Waals surface area contributed by atoms with Gasteiger partial charge in [-0.15, -0.1) is 5.54 Å². The van der Waals surface area contributed by atoms with Crippen LogP contribution in [-0.2, 0) is 0 Å². The number of aliphatic imine (C=N–C) groups is 1. The summed E-state index contributed by atoms with van der Waals surface area (Å²) < 4.78 is 0. The second kappa shape index (κ2) is 4.64. The first kappa shape index (κ1) is 12.0. The van der Waals surface area contributed by atoms with Crippen molar-refractivity contribution in [1.82, 2.24) is 4.90 Å². The lowest BCUT2D eigenvalue weighted by atomic mass is 10.3. The van der Waals surface area contributed by atoms with Crippen LogP contribution < -0.4 is 5.73 Å². The van der Waals surface area contributed by atoms with Crippen LogP contribution in [0.3, 0.4) is 0 Å². The molecule has 0 bridgehead atoms. The Kier molecular flexibility index (Phi) is 3.72. The molecule has 82 valence electrons. The van der Waals surface area contributed by atoms with E-state index < -0.39 is 8.07 Å². The van der Waals surface area contributed by atoms with E-state index in [0.29, 0.717) is 6.67 Å². The summed E-state index contributed by atoms with van der Waals surface area (Å²) in [5.74, 6) is 3.13. The third-order valence-corrected chi connectivity index (χ3v) is 2.79. The van der Waals surface area contributed by atoms with Crippen molar-refractivity contribution < 1.29 is 0 Å². The molecule has 0 spiro atoms. The quantitative estimate of drug-likeness (QED) is 0.537. The van der Waals surface area contributed by atoms with Crippen LogP contribution in [0.4, 0.5) is 0 Å². The number of hydrogen-bond donors (Lipinski definition) is 1. The van der Waals surface area contributed by atoms with Gasteiger partial charge in [0.1, 0.15) is 20.5 Å². The highest BCUT2D eigenvalue weighted by molar-refractivity contribution is 6.84. The lowest BCUT2D eigenvalue weighted by molar-refractivity contribution is 0.306. The fourth-order valence-corrected chi connectivity index (χ4v) is 1.52. The van der Waals surface area contributed by atoms with Crippen molar-refractivity contribution in [2.75, 3.05) is 6.67 Å². The van der Waals surface area contributed by atoms with Gasteiger partial charge in [0.15, 0.2) is 0 Å². The fraction of sp³-hybridized carbons (Fsp3) is 0.545. The van der Waals surface area contributed by atoms with Gasteiger partial charge in [0, 0.05) is 6.20 Å². The van der Waals surface area contributed by atoms with Gasteiger partial charge in [-0.25, -0.2) is 0 Å². The van der Waals surface area contributed by atoms with Gasteiger partial charge in [0.05, 0.1) is 6.17 Å². The van der Waals surface area contributed by atoms with E-state index in [4.69, 9.17) is 5.73 Å². The summed E-state index contributed by atoms with van der Waals surface area (Å²) in [6.45, 7) is 9.23. The van der Waals surface area contributed by atoms with Crippen LogP contribution in [-0.4, -0.2) is 31.5 Å². The van der Waals surface area contributed by atoms with Gasteiger partial charge in [-0.3, -0.25) is 4.99 Å². The van der Waals surface area contributed by atoms with E-state index in [1.54, 1.807) is 0 Å². The van der Waals surface area contributed by atoms with Gasteiger partial charge < -0.3 is 10.6 Å². The number of rotatable bonds is 1. The SMILES string of the molecule is C[C@@H](N)N1C=CC(C#C[Si](C)(C)C)=NC1. The summed E-state index contributed by atoms with van der Waals surface area (Å²) >= 11 is 0. The summed E-state index contributed by atoms with van der Waals surface area (Å²) in [5.41, 5.74) is 9.89. The fourth-order valence-electron chi connectivity index (χ4n) is 1.02. The van der Waals surface area contributed by atoms with Gasteiger partial charge in [-0.2, -0.15) is 0 Å². The van der Waals surface area contributed by atoms with Crippen molar-refractivity contribution in [3.05, 3.63) is 12.3 Å². The molecule has 0 fully saturated rings. The van der Waals surface area contributed by atoms with Gasteiger partial charge in [0.25, 0.3) is 0 Å². The number of hydrogen-bond acceptors (Lipinski definition) is 3. The molecule has 1 atom stereocenters. The summed E-state index contributed by atoms with van der Waals surface area (Å²) in [5, 5.41) is 0. The molecule has 15 heavy (non-hydrogen) atoms. The lowest BCUT2D eigenvalue weighted by Gasteiger charge is -2.24. The Balaban J connectivity index is 2.63. The molecule has 0 aromatic rings. The Morgan fingerprint density at radius 3 is 2.60 bits per heavy atom. The Morgan fingerprint density at radius 1 is 1.53 bits per heavy atom. The lowest BCUT2D eigenvalue weighted by Crippen LogP contribution is -2.37. The first-order chi connectivity index (χ1) is 6.88. The molecule has 0 amide bonds. The second-order valence-electron chi connectivity index (χ2n) is 4.76. The first-order valence-corrected chi connectivity index (χ1v) is 8.66. The monoisotopic (exact) mass is 221 g/mol. The van der Waals surface area contributed by atoms with E-state index in [1.165, 1.54) is 0 Å². The minimum atomic E-state index is -1.29. The third kappa shape index (κ3) is 4.32. The summed E-state index contributed by atoms with van der Waals surface area (Å²) in [6, 6.07) is 0. The number of nitrogens with zero attached hydrogens (tertiary/aromatic N) is 2. The zero-order valence-corrected chi connectivity index (χ0v) is 10.9. The van der Waals surface area contributed by atoms with Crippen molar-refractivity contribution in [3.63, 3.8) is 0 Å². The van der Waals surface area contributed by atoms with Crippen LogP contribution in [0.25, 0.3) is 0 Å². The smallest absolute Gasteiger partial charge is 0.129 e. The molecule has 0 aromatic heterocycles. The molecule has 4 heteroatoms. The molecule has 0 radical (unpaired) electrons. The van der Waals surface area contributed by atoms with E-state index in [0.717, 1.165) is 5.71 Å². The van der Waals surface area contributed by atoms with Gasteiger partial charge in [-0.1, -0.05) is 25.6 Å². The molecule has 0 saturated heterocycles. The van der Waals surface area contributed by atoms with Crippen LogP contribution in [0.2, 0.25) is 19.6 Å². The van der Waals surface area contributed by atoms with Gasteiger partial charge >= 0.3 is 0 Å². The van der Waals surface area contributed by atoms with Crippen LogP contribution in [0.15, 0.2) is 17.3 Å². The standard InChI is InChI=1S/C11H19N3Si/c1-10(12)14-7-5-11(13-9-14)6-8-15(2,3)4/h5,7,10H,9,12H2,1-4H3/t10-/m0/s1. The molecule has 0 aromatic carbocycles. The van der Waals surface area contributed by atoms with Crippen LogP contribution in [0, 0.1) is 11.5 Å². The van der Waals surface area contributed by atoms with E-state index in [2.05, 4.69) is 36.1 Å². The summed E-state index contributed by atoms with van der Waals surface area (Å²) in [7, 11) is -1.29. The minimum absolute atomic E-state index is 0.0106. The van der Waals surface area contributed by atoms with E-state index in [9.17, 15) is 0 Å². The zero-order valence-electron chi connectivity index (χ0n) is 9.91. The highest BCUT2D eigenvalue weighted by Crippen LogP contribution is 2.02. The third-order valence-electron chi connectivity index (χ3n) is 1.92. The average molecular weight is 221 g/mol. The Hall–Kier alpha value is -1.05. The molecule has 2 N–H and O–H groups in total. The maximum Gasteiger partial charge on any atom is 0.129 e. The molecule has 1 rings (SSSR count). The predicted octanol–water partition coefficient (Wildman–Crippen LogP) is 1.40. The topological polar surface area (TPSA) is 41.6 Å². The molecule has 0 aliphatic carbocycles. The van der Waals surface area contributed by atoms with Gasteiger partial charge in [-0.05, 0) is 13.0 Å². The van der Waals surface area contributed by atoms with E-state index in [1.807, 2.05) is 24.1 Å². The van der Waals surface area contributed by atoms with Crippen molar-refractivity contribution in [2.24, 2.45) is 10.7 Å². The minimum Gasteiger partial charge on any atom is -0.343 e. The zero-order chi connectivity index (χ0) is 11.5. The maximum atomic E-state index is 5.73. The van der Waals surface area contributed by atoms with Crippen LogP contribution in [0.5, 0.6) is 0 Å². The highest BCUT2D eigenvalue weighted by Gasteiger charge is 2.10. The number of nitrogens with two attached hydrogens (primary N) is 1.